The number of fused-ring (bicyclic) bond motifs is 1. The van der Waals surface area contributed by atoms with Gasteiger partial charge in [0.2, 0.25) is 0 Å². The van der Waals surface area contributed by atoms with Gasteiger partial charge in [-0.25, -0.2) is 0 Å². The van der Waals surface area contributed by atoms with E-state index in [0.29, 0.717) is 25.1 Å². The Bertz CT molecular complexity index is 1100. The predicted octanol–water partition coefficient (Wildman–Crippen LogP) is 4.47. The van der Waals surface area contributed by atoms with Gasteiger partial charge in [-0.2, -0.15) is 0 Å². The number of thiophene rings is 1. The first-order valence-corrected chi connectivity index (χ1v) is 10.9. The van der Waals surface area contributed by atoms with Gasteiger partial charge in [0.25, 0.3) is 11.7 Å². The van der Waals surface area contributed by atoms with Crippen molar-refractivity contribution in [1.82, 2.24) is 9.88 Å². The summed E-state index contributed by atoms with van der Waals surface area (Å²) in [6.07, 6.45) is 2.39. The van der Waals surface area contributed by atoms with E-state index in [1.165, 1.54) is 11.3 Å². The van der Waals surface area contributed by atoms with Crippen LogP contribution in [0.15, 0.2) is 53.5 Å². The molecule has 6 nitrogen and oxygen atoms in total. The van der Waals surface area contributed by atoms with E-state index in [1.54, 1.807) is 11.1 Å². The summed E-state index contributed by atoms with van der Waals surface area (Å²) in [5, 5.41) is 13.9. The third kappa shape index (κ3) is 3.66. The molecule has 156 valence electrons. The number of aliphatic hydroxyl groups excluding tert-OH is 1. The van der Waals surface area contributed by atoms with Crippen LogP contribution in [0.4, 0.5) is 0 Å². The van der Waals surface area contributed by atoms with Gasteiger partial charge in [-0.3, -0.25) is 9.59 Å². The Balaban J connectivity index is 1.75. The second-order valence-corrected chi connectivity index (χ2v) is 8.51. The Morgan fingerprint density at radius 1 is 1.23 bits per heavy atom. The summed E-state index contributed by atoms with van der Waals surface area (Å²) in [6.45, 7) is 4.79. The van der Waals surface area contributed by atoms with Crippen molar-refractivity contribution in [3.8, 4) is 0 Å². The molecule has 1 atom stereocenters. The highest BCUT2D eigenvalue weighted by Gasteiger charge is 2.46. The maximum absolute atomic E-state index is 13.0. The molecular formula is C23H24N2O4S. The summed E-state index contributed by atoms with van der Waals surface area (Å²) < 4.78 is 5.59. The zero-order valence-electron chi connectivity index (χ0n) is 16.9. The predicted molar refractivity (Wildman–Crippen MR) is 117 cm³/mol. The molecule has 0 bridgehead atoms. The van der Waals surface area contributed by atoms with E-state index in [-0.39, 0.29) is 17.4 Å². The number of carbonyl (C=O) groups excluding carboxylic acids is 2. The number of para-hydroxylation sites is 1. The normalized spacial score (nSPS) is 18.8. The Morgan fingerprint density at radius 2 is 2.03 bits per heavy atom. The second kappa shape index (κ2) is 8.45. The number of ether oxygens (including phenoxy) is 1. The average molecular weight is 425 g/mol. The number of H-pyrrole nitrogens is 1. The fourth-order valence-corrected chi connectivity index (χ4v) is 4.67. The molecule has 0 aliphatic carbocycles. The van der Waals surface area contributed by atoms with E-state index in [1.807, 2.05) is 55.6 Å². The molecular weight excluding hydrogens is 400 g/mol. The van der Waals surface area contributed by atoms with Crippen LogP contribution in [-0.2, 0) is 14.3 Å². The van der Waals surface area contributed by atoms with Gasteiger partial charge in [0.15, 0.2) is 0 Å². The molecule has 7 heteroatoms. The van der Waals surface area contributed by atoms with Gasteiger partial charge in [-0.15, -0.1) is 11.3 Å². The minimum Gasteiger partial charge on any atom is -0.507 e. The minimum atomic E-state index is -0.652. The largest absolute Gasteiger partial charge is 0.507 e. The average Bonchev–Trinajstić information content (AvgIpc) is 3.45. The number of nitrogens with zero attached hydrogens (tertiary/aromatic N) is 1. The number of carbonyl (C=O) groups is 2. The second-order valence-electron chi connectivity index (χ2n) is 7.53. The number of ketones is 1. The topological polar surface area (TPSA) is 82.6 Å². The van der Waals surface area contributed by atoms with Crippen LogP contribution in [-0.4, -0.2) is 45.9 Å². The Kier molecular flexibility index (Phi) is 5.74. The highest BCUT2D eigenvalue weighted by molar-refractivity contribution is 7.10. The number of hydrogen-bond acceptors (Lipinski definition) is 5. The van der Waals surface area contributed by atoms with E-state index in [0.717, 1.165) is 15.8 Å². The summed E-state index contributed by atoms with van der Waals surface area (Å²) in [6, 6.07) is 10.7. The molecule has 1 unspecified atom stereocenters. The fraction of sp³-hybridized carbons (Fsp3) is 0.304. The van der Waals surface area contributed by atoms with Crippen LogP contribution in [0.3, 0.4) is 0 Å². The van der Waals surface area contributed by atoms with E-state index in [2.05, 4.69) is 4.98 Å². The summed E-state index contributed by atoms with van der Waals surface area (Å²) in [5.41, 5.74) is 1.51. The minimum absolute atomic E-state index is 0.107. The number of hydrogen-bond donors (Lipinski definition) is 2. The van der Waals surface area contributed by atoms with E-state index < -0.39 is 17.7 Å². The Labute approximate surface area is 178 Å². The number of aromatic amines is 1. The van der Waals surface area contributed by atoms with Crippen molar-refractivity contribution in [2.24, 2.45) is 0 Å². The van der Waals surface area contributed by atoms with Crippen molar-refractivity contribution in [1.29, 1.82) is 0 Å². The number of aromatic nitrogens is 1. The van der Waals surface area contributed by atoms with E-state index >= 15 is 0 Å². The van der Waals surface area contributed by atoms with Crippen LogP contribution in [0.25, 0.3) is 16.7 Å². The molecule has 1 saturated heterocycles. The molecule has 0 radical (unpaired) electrons. The maximum Gasteiger partial charge on any atom is 0.295 e. The molecule has 1 fully saturated rings. The standard InChI is InChI=1S/C23H24N2O4S/c1-14(2)29-11-6-10-25-20(18-9-5-12-30-18)19(22(27)23(25)28)21(26)16-13-24-17-8-4-3-7-15(16)17/h3-5,7-9,12-14,20,24,26H,6,10-11H2,1-2H3/b21-19-. The molecule has 3 aromatic rings. The number of nitrogens with one attached hydrogen (secondary N) is 1. The van der Waals surface area contributed by atoms with E-state index in [4.69, 9.17) is 4.74 Å². The number of likely N-dealkylation sites (tertiary alicyclic amines) is 1. The first kappa shape index (κ1) is 20.4. The van der Waals surface area contributed by atoms with Crippen LogP contribution < -0.4 is 0 Å². The maximum atomic E-state index is 13.0. The lowest BCUT2D eigenvalue weighted by molar-refractivity contribution is -0.140. The highest BCUT2D eigenvalue weighted by Crippen LogP contribution is 2.42. The van der Waals surface area contributed by atoms with Crippen LogP contribution in [0.5, 0.6) is 0 Å². The molecule has 1 aliphatic rings. The molecule has 1 amide bonds. The van der Waals surface area contributed by atoms with Crippen LogP contribution in [0.1, 0.15) is 36.8 Å². The van der Waals surface area contributed by atoms with Gasteiger partial charge in [0.1, 0.15) is 5.76 Å². The summed E-state index contributed by atoms with van der Waals surface area (Å²) in [4.78, 5) is 31.4. The molecule has 0 spiro atoms. The van der Waals surface area contributed by atoms with E-state index in [9.17, 15) is 14.7 Å². The van der Waals surface area contributed by atoms with Gasteiger partial charge in [0.05, 0.1) is 17.7 Å². The number of Topliss-reactive ketones (excluding diaryl/α,β-unsaturated/α-hetero) is 1. The molecule has 4 rings (SSSR count). The summed E-state index contributed by atoms with van der Waals surface area (Å²) in [7, 11) is 0. The monoisotopic (exact) mass is 424 g/mol. The number of aliphatic hydroxyl groups is 1. The quantitative estimate of drug-likeness (QED) is 0.254. The zero-order valence-corrected chi connectivity index (χ0v) is 17.7. The van der Waals surface area contributed by atoms with Crippen molar-refractivity contribution in [3.63, 3.8) is 0 Å². The van der Waals surface area contributed by atoms with Gasteiger partial charge < -0.3 is 19.7 Å². The van der Waals surface area contributed by atoms with Gasteiger partial charge >= 0.3 is 0 Å². The van der Waals surface area contributed by atoms with Gasteiger partial charge in [-0.05, 0) is 37.8 Å². The first-order chi connectivity index (χ1) is 14.5. The highest BCUT2D eigenvalue weighted by atomic mass is 32.1. The molecule has 3 heterocycles. The van der Waals surface area contributed by atoms with Gasteiger partial charge in [0, 0.05) is 40.7 Å². The molecule has 1 aliphatic heterocycles. The van der Waals surface area contributed by atoms with Crippen molar-refractivity contribution in [2.45, 2.75) is 32.4 Å². The zero-order chi connectivity index (χ0) is 21.3. The molecule has 0 saturated carbocycles. The smallest absolute Gasteiger partial charge is 0.295 e. The van der Waals surface area contributed by atoms with Crippen LogP contribution in [0, 0.1) is 0 Å². The molecule has 1 aromatic carbocycles. The SMILES string of the molecule is CC(C)OCCCN1C(=O)C(=O)/C(=C(\O)c2c[nH]c3ccccc23)C1c1cccs1. The van der Waals surface area contributed by atoms with Gasteiger partial charge in [-0.1, -0.05) is 24.3 Å². The lowest BCUT2D eigenvalue weighted by Gasteiger charge is -2.24. The number of benzene rings is 1. The van der Waals surface area contributed by atoms with Crippen molar-refractivity contribution < 1.29 is 19.4 Å². The van der Waals surface area contributed by atoms with Crippen LogP contribution in [0.2, 0.25) is 0 Å². The van der Waals surface area contributed by atoms with Crippen molar-refractivity contribution >= 4 is 39.7 Å². The molecule has 30 heavy (non-hydrogen) atoms. The number of amides is 1. The summed E-state index contributed by atoms with van der Waals surface area (Å²) in [5.74, 6) is -1.38. The summed E-state index contributed by atoms with van der Waals surface area (Å²) >= 11 is 1.46. The van der Waals surface area contributed by atoms with Crippen molar-refractivity contribution in [2.75, 3.05) is 13.2 Å². The van der Waals surface area contributed by atoms with Crippen molar-refractivity contribution in [3.05, 3.63) is 64.0 Å². The molecule has 2 N–H and O–H groups in total. The third-order valence-corrected chi connectivity index (χ3v) is 6.12. The molecule has 2 aromatic heterocycles. The Morgan fingerprint density at radius 3 is 2.77 bits per heavy atom. The fourth-order valence-electron chi connectivity index (χ4n) is 3.82. The lowest BCUT2D eigenvalue weighted by atomic mass is 9.99. The lowest BCUT2D eigenvalue weighted by Crippen LogP contribution is -2.31. The first-order valence-electron chi connectivity index (χ1n) is 9.99. The van der Waals surface area contributed by atoms with Crippen LogP contribution >= 0.6 is 11.3 Å². The Hall–Kier alpha value is -2.90. The third-order valence-electron chi connectivity index (χ3n) is 5.19. The number of rotatable bonds is 7.